The van der Waals surface area contributed by atoms with Crippen LogP contribution in [0.1, 0.15) is 31.1 Å². The van der Waals surface area contributed by atoms with Gasteiger partial charge in [-0.2, -0.15) is 0 Å². The van der Waals surface area contributed by atoms with Crippen molar-refractivity contribution in [3.8, 4) is 0 Å². The van der Waals surface area contributed by atoms with E-state index in [0.29, 0.717) is 12.1 Å². The fourth-order valence-corrected chi connectivity index (χ4v) is 2.50. The lowest BCUT2D eigenvalue weighted by atomic mass is 10.1. The van der Waals surface area contributed by atoms with E-state index in [2.05, 4.69) is 35.7 Å². The number of hydrogen-bond donors (Lipinski definition) is 0. The average molecular weight is 247 g/mol. The van der Waals surface area contributed by atoms with Crippen LogP contribution in [-0.2, 0) is 0 Å². The first kappa shape index (κ1) is 13.0. The summed E-state index contributed by atoms with van der Waals surface area (Å²) in [4.78, 5) is 20.7. The van der Waals surface area contributed by atoms with Gasteiger partial charge in [0.25, 0.3) is 0 Å². The van der Waals surface area contributed by atoms with Crippen molar-refractivity contribution in [2.45, 2.75) is 32.9 Å². The summed E-state index contributed by atoms with van der Waals surface area (Å²) in [6.07, 6.45) is 1.76. The number of hydrogen-bond acceptors (Lipinski definition) is 4. The largest absolute Gasteiger partial charge is 0.353 e. The van der Waals surface area contributed by atoms with Gasteiger partial charge >= 0.3 is 0 Å². The number of anilines is 1. The summed E-state index contributed by atoms with van der Waals surface area (Å²) >= 11 is 0. The second kappa shape index (κ2) is 5.06. The summed E-state index contributed by atoms with van der Waals surface area (Å²) in [6, 6.07) is 4.62. The molecule has 0 amide bonds. The zero-order valence-corrected chi connectivity index (χ0v) is 11.6. The third-order valence-electron chi connectivity index (χ3n) is 3.83. The number of carbonyl (C=O) groups is 1. The number of nitrogens with zero attached hydrogens (tertiary/aromatic N) is 3. The van der Waals surface area contributed by atoms with Crippen LogP contribution in [0.15, 0.2) is 18.3 Å². The first-order valence-corrected chi connectivity index (χ1v) is 6.43. The van der Waals surface area contributed by atoms with Crippen molar-refractivity contribution in [3.05, 3.63) is 23.9 Å². The maximum absolute atomic E-state index is 11.7. The minimum atomic E-state index is 0.0809. The van der Waals surface area contributed by atoms with Crippen LogP contribution in [0.3, 0.4) is 0 Å². The van der Waals surface area contributed by atoms with Crippen LogP contribution in [0.5, 0.6) is 0 Å². The van der Waals surface area contributed by atoms with Gasteiger partial charge < -0.3 is 4.90 Å². The molecule has 1 saturated heterocycles. The molecule has 1 aromatic heterocycles. The third kappa shape index (κ3) is 2.38. The molecule has 0 spiro atoms. The molecule has 1 aliphatic heterocycles. The standard InChI is InChI=1S/C14H21N3O/c1-10-8-17(9-11(2)16(10)4)14-13(12(3)18)6-5-7-15-14/h5-7,10-11H,8-9H2,1-4H3. The number of carbonyl (C=O) groups excluding carboxylic acids is 1. The fraction of sp³-hybridized carbons (Fsp3) is 0.571. The van der Waals surface area contributed by atoms with E-state index in [1.54, 1.807) is 13.1 Å². The zero-order chi connectivity index (χ0) is 13.3. The molecule has 2 rings (SSSR count). The molecule has 0 N–H and O–H groups in total. The van der Waals surface area contributed by atoms with Gasteiger partial charge in [-0.25, -0.2) is 4.98 Å². The summed E-state index contributed by atoms with van der Waals surface area (Å²) in [5.41, 5.74) is 0.724. The lowest BCUT2D eigenvalue weighted by Crippen LogP contribution is -2.55. The Kier molecular flexibility index (Phi) is 3.66. The second-order valence-electron chi connectivity index (χ2n) is 5.20. The van der Waals surface area contributed by atoms with Gasteiger partial charge in [0.2, 0.25) is 0 Å². The number of Topliss-reactive ketones (excluding diaryl/α,β-unsaturated/α-hetero) is 1. The predicted octanol–water partition coefficient (Wildman–Crippen LogP) is 1.81. The lowest BCUT2D eigenvalue weighted by Gasteiger charge is -2.43. The number of ketones is 1. The predicted molar refractivity (Wildman–Crippen MR) is 73.1 cm³/mol. The van der Waals surface area contributed by atoms with E-state index >= 15 is 0 Å². The number of piperazine rings is 1. The van der Waals surface area contributed by atoms with Gasteiger partial charge in [0.1, 0.15) is 5.82 Å². The van der Waals surface area contributed by atoms with Crippen LogP contribution in [0.4, 0.5) is 5.82 Å². The first-order valence-electron chi connectivity index (χ1n) is 6.43. The average Bonchev–Trinajstić information content (AvgIpc) is 2.35. The Labute approximate surface area is 109 Å². The van der Waals surface area contributed by atoms with Crippen molar-refractivity contribution in [1.82, 2.24) is 9.88 Å². The molecule has 1 fully saturated rings. The molecule has 98 valence electrons. The van der Waals surface area contributed by atoms with Crippen molar-refractivity contribution < 1.29 is 4.79 Å². The van der Waals surface area contributed by atoms with Crippen molar-refractivity contribution in [1.29, 1.82) is 0 Å². The number of likely N-dealkylation sites (N-methyl/N-ethyl adjacent to an activating group) is 1. The highest BCUT2D eigenvalue weighted by Crippen LogP contribution is 2.23. The normalized spacial score (nSPS) is 25.2. The van der Waals surface area contributed by atoms with Crippen LogP contribution in [0, 0.1) is 0 Å². The molecule has 1 aromatic rings. The molecule has 1 aliphatic rings. The van der Waals surface area contributed by atoms with Gasteiger partial charge in [-0.05, 0) is 40.0 Å². The van der Waals surface area contributed by atoms with E-state index in [0.717, 1.165) is 24.5 Å². The van der Waals surface area contributed by atoms with Crippen LogP contribution >= 0.6 is 0 Å². The van der Waals surface area contributed by atoms with Gasteiger partial charge in [0.05, 0.1) is 5.56 Å². The molecule has 2 unspecified atom stereocenters. The Morgan fingerprint density at radius 1 is 1.33 bits per heavy atom. The molecule has 4 nitrogen and oxygen atoms in total. The van der Waals surface area contributed by atoms with E-state index < -0.39 is 0 Å². The summed E-state index contributed by atoms with van der Waals surface area (Å²) in [6.45, 7) is 7.85. The lowest BCUT2D eigenvalue weighted by molar-refractivity contribution is 0.101. The Balaban J connectivity index is 2.30. The topological polar surface area (TPSA) is 36.4 Å². The van der Waals surface area contributed by atoms with Gasteiger partial charge in [-0.15, -0.1) is 0 Å². The Morgan fingerprint density at radius 2 is 1.94 bits per heavy atom. The summed E-state index contributed by atoms with van der Waals surface area (Å²) in [5.74, 6) is 0.911. The smallest absolute Gasteiger partial charge is 0.163 e. The summed E-state index contributed by atoms with van der Waals surface area (Å²) < 4.78 is 0. The number of rotatable bonds is 2. The van der Waals surface area contributed by atoms with Gasteiger partial charge in [0, 0.05) is 31.4 Å². The van der Waals surface area contributed by atoms with Gasteiger partial charge in [0.15, 0.2) is 5.78 Å². The highest BCUT2D eigenvalue weighted by molar-refractivity contribution is 5.98. The van der Waals surface area contributed by atoms with Crippen LogP contribution in [-0.4, -0.2) is 47.9 Å². The molecule has 0 radical (unpaired) electrons. The monoisotopic (exact) mass is 247 g/mol. The van der Waals surface area contributed by atoms with Crippen LogP contribution in [0.25, 0.3) is 0 Å². The Bertz CT molecular complexity index is 434. The van der Waals surface area contributed by atoms with Crippen molar-refractivity contribution in [2.75, 3.05) is 25.0 Å². The van der Waals surface area contributed by atoms with E-state index in [1.807, 2.05) is 12.1 Å². The van der Waals surface area contributed by atoms with Crippen molar-refractivity contribution in [3.63, 3.8) is 0 Å². The molecule has 0 aliphatic carbocycles. The third-order valence-corrected chi connectivity index (χ3v) is 3.83. The maximum atomic E-state index is 11.7. The van der Waals surface area contributed by atoms with E-state index in [9.17, 15) is 4.79 Å². The first-order chi connectivity index (χ1) is 8.50. The number of aromatic nitrogens is 1. The Morgan fingerprint density at radius 3 is 2.50 bits per heavy atom. The molecule has 2 atom stereocenters. The van der Waals surface area contributed by atoms with Crippen LogP contribution < -0.4 is 4.90 Å². The molecular weight excluding hydrogens is 226 g/mol. The van der Waals surface area contributed by atoms with Gasteiger partial charge in [-0.3, -0.25) is 9.69 Å². The minimum Gasteiger partial charge on any atom is -0.353 e. The quantitative estimate of drug-likeness (QED) is 0.747. The number of pyridine rings is 1. The van der Waals surface area contributed by atoms with Crippen molar-refractivity contribution in [2.24, 2.45) is 0 Å². The molecule has 18 heavy (non-hydrogen) atoms. The van der Waals surface area contributed by atoms with Crippen molar-refractivity contribution >= 4 is 11.6 Å². The summed E-state index contributed by atoms with van der Waals surface area (Å²) in [7, 11) is 2.15. The summed E-state index contributed by atoms with van der Waals surface area (Å²) in [5, 5.41) is 0. The molecule has 2 heterocycles. The highest BCUT2D eigenvalue weighted by Gasteiger charge is 2.28. The second-order valence-corrected chi connectivity index (χ2v) is 5.20. The Hall–Kier alpha value is -1.42. The molecule has 0 saturated carbocycles. The van der Waals surface area contributed by atoms with E-state index in [1.165, 1.54) is 0 Å². The van der Waals surface area contributed by atoms with E-state index in [-0.39, 0.29) is 5.78 Å². The fourth-order valence-electron chi connectivity index (χ4n) is 2.50. The molecular formula is C14H21N3O. The molecule has 0 bridgehead atoms. The van der Waals surface area contributed by atoms with Crippen LogP contribution in [0.2, 0.25) is 0 Å². The molecule has 4 heteroatoms. The SMILES string of the molecule is CC(=O)c1cccnc1N1CC(C)N(C)C(C)C1. The highest BCUT2D eigenvalue weighted by atomic mass is 16.1. The minimum absolute atomic E-state index is 0.0809. The zero-order valence-electron chi connectivity index (χ0n) is 11.6. The maximum Gasteiger partial charge on any atom is 0.163 e. The van der Waals surface area contributed by atoms with E-state index in [4.69, 9.17) is 0 Å². The van der Waals surface area contributed by atoms with Gasteiger partial charge in [-0.1, -0.05) is 0 Å². The molecule has 0 aromatic carbocycles.